The molecule has 94 valence electrons. The Balaban J connectivity index is 2.84. The molecule has 17 heavy (non-hydrogen) atoms. The van der Waals surface area contributed by atoms with E-state index in [1.807, 2.05) is 12.1 Å². The molecule has 0 aliphatic heterocycles. The Hall–Kier alpha value is -0.750. The molecule has 1 aromatic rings. The van der Waals surface area contributed by atoms with Gasteiger partial charge in [0.15, 0.2) is 0 Å². The maximum atomic E-state index is 6.13. The van der Waals surface area contributed by atoms with E-state index in [1.165, 1.54) is 17.5 Å². The summed E-state index contributed by atoms with van der Waals surface area (Å²) < 4.78 is 0. The topological polar surface area (TPSA) is 0 Å². The molecule has 0 saturated carbocycles. The van der Waals surface area contributed by atoms with E-state index in [0.717, 1.165) is 11.4 Å². The number of halogens is 1. The summed E-state index contributed by atoms with van der Waals surface area (Å²) in [7, 11) is 0. The van der Waals surface area contributed by atoms with Crippen molar-refractivity contribution in [3.63, 3.8) is 0 Å². The van der Waals surface area contributed by atoms with E-state index < -0.39 is 0 Å². The third-order valence-corrected chi connectivity index (χ3v) is 3.67. The minimum Gasteiger partial charge on any atom is -0.103 e. The summed E-state index contributed by atoms with van der Waals surface area (Å²) in [5.41, 5.74) is 2.74. The van der Waals surface area contributed by atoms with Gasteiger partial charge >= 0.3 is 0 Å². The van der Waals surface area contributed by atoms with E-state index in [9.17, 15) is 0 Å². The molecule has 1 atom stereocenters. The number of hydrogen-bond donors (Lipinski definition) is 0. The van der Waals surface area contributed by atoms with Gasteiger partial charge in [-0.05, 0) is 54.4 Å². The van der Waals surface area contributed by atoms with Gasteiger partial charge in [-0.1, -0.05) is 44.5 Å². The normalized spacial score (nSPS) is 13.5. The summed E-state index contributed by atoms with van der Waals surface area (Å²) in [4.78, 5) is 0. The van der Waals surface area contributed by atoms with E-state index >= 15 is 0 Å². The van der Waals surface area contributed by atoms with Crippen LogP contribution in [0, 0.1) is 12.8 Å². The Bertz CT molecular complexity index is 370. The van der Waals surface area contributed by atoms with Gasteiger partial charge in [-0.2, -0.15) is 0 Å². The number of hydrogen-bond acceptors (Lipinski definition) is 0. The van der Waals surface area contributed by atoms with Gasteiger partial charge in [0, 0.05) is 5.02 Å². The monoisotopic (exact) mass is 250 g/mol. The summed E-state index contributed by atoms with van der Waals surface area (Å²) in [6, 6.07) is 6.34. The zero-order valence-corrected chi connectivity index (χ0v) is 12.1. The molecule has 0 aliphatic carbocycles. The molecule has 0 fully saturated rings. The number of aryl methyl sites for hydroxylation is 1. The largest absolute Gasteiger partial charge is 0.103 e. The first-order valence-electron chi connectivity index (χ1n) is 6.25. The fraction of sp³-hybridized carbons (Fsp3) is 0.500. The molecule has 0 aromatic heterocycles. The number of benzene rings is 1. The third kappa shape index (κ3) is 4.20. The van der Waals surface area contributed by atoms with Crippen molar-refractivity contribution < 1.29 is 0 Å². The van der Waals surface area contributed by atoms with Crippen LogP contribution in [0.25, 0.3) is 0 Å². The van der Waals surface area contributed by atoms with Crippen LogP contribution in [0.5, 0.6) is 0 Å². The predicted octanol–water partition coefficient (Wildman–Crippen LogP) is 5.53. The Morgan fingerprint density at radius 2 is 2.00 bits per heavy atom. The van der Waals surface area contributed by atoms with Crippen molar-refractivity contribution in [2.45, 2.75) is 46.0 Å². The fourth-order valence-corrected chi connectivity index (χ4v) is 2.27. The molecule has 1 unspecified atom stereocenters. The highest BCUT2D eigenvalue weighted by molar-refractivity contribution is 6.30. The van der Waals surface area contributed by atoms with E-state index in [1.54, 1.807) is 0 Å². The lowest BCUT2D eigenvalue weighted by molar-refractivity contribution is 0.430. The average Bonchev–Trinajstić information content (AvgIpc) is 2.24. The molecule has 1 rings (SSSR count). The SMILES string of the molecule is C=CC(C)CCC(C)(C)c1cc(C)cc(Cl)c1. The highest BCUT2D eigenvalue weighted by Gasteiger charge is 2.21. The number of rotatable bonds is 5. The van der Waals surface area contributed by atoms with E-state index in [4.69, 9.17) is 11.6 Å². The van der Waals surface area contributed by atoms with Crippen LogP contribution in [0.15, 0.2) is 30.9 Å². The molecule has 0 nitrogen and oxygen atoms in total. The van der Waals surface area contributed by atoms with E-state index in [0.29, 0.717) is 5.92 Å². The van der Waals surface area contributed by atoms with Gasteiger partial charge in [-0.3, -0.25) is 0 Å². The van der Waals surface area contributed by atoms with Gasteiger partial charge in [0.25, 0.3) is 0 Å². The summed E-state index contributed by atoms with van der Waals surface area (Å²) in [6.45, 7) is 12.7. The summed E-state index contributed by atoms with van der Waals surface area (Å²) in [6.07, 6.45) is 4.35. The van der Waals surface area contributed by atoms with E-state index in [-0.39, 0.29) is 5.41 Å². The Labute approximate surface area is 111 Å². The van der Waals surface area contributed by atoms with Crippen LogP contribution in [0.1, 0.15) is 44.7 Å². The van der Waals surface area contributed by atoms with Gasteiger partial charge < -0.3 is 0 Å². The maximum Gasteiger partial charge on any atom is 0.0411 e. The maximum absolute atomic E-state index is 6.13. The van der Waals surface area contributed by atoms with Gasteiger partial charge in [-0.25, -0.2) is 0 Å². The van der Waals surface area contributed by atoms with Gasteiger partial charge in [0.1, 0.15) is 0 Å². The molecular weight excluding hydrogens is 228 g/mol. The zero-order valence-electron chi connectivity index (χ0n) is 11.4. The predicted molar refractivity (Wildman–Crippen MR) is 77.8 cm³/mol. The molecule has 0 N–H and O–H groups in total. The summed E-state index contributed by atoms with van der Waals surface area (Å²) in [5, 5.41) is 0.838. The van der Waals surface area contributed by atoms with Crippen LogP contribution in [0.4, 0.5) is 0 Å². The molecule has 1 heteroatoms. The van der Waals surface area contributed by atoms with Crippen LogP contribution < -0.4 is 0 Å². The van der Waals surface area contributed by atoms with Crippen molar-refractivity contribution in [3.05, 3.63) is 47.0 Å². The van der Waals surface area contributed by atoms with E-state index in [2.05, 4.69) is 46.4 Å². The number of allylic oxidation sites excluding steroid dienone is 1. The van der Waals surface area contributed by atoms with Gasteiger partial charge in [-0.15, -0.1) is 6.58 Å². The molecule has 0 aliphatic rings. The quantitative estimate of drug-likeness (QED) is 0.603. The third-order valence-electron chi connectivity index (χ3n) is 3.45. The first-order valence-corrected chi connectivity index (χ1v) is 6.63. The average molecular weight is 251 g/mol. The Kier molecular flexibility index (Phi) is 4.82. The molecule has 0 saturated heterocycles. The van der Waals surface area contributed by atoms with Crippen molar-refractivity contribution in [2.75, 3.05) is 0 Å². The van der Waals surface area contributed by atoms with Crippen LogP contribution in [0.2, 0.25) is 5.02 Å². The molecule has 0 spiro atoms. The smallest absolute Gasteiger partial charge is 0.0411 e. The standard InChI is InChI=1S/C16H23Cl/c1-6-12(2)7-8-16(4,5)14-9-13(3)10-15(17)11-14/h6,9-12H,1,7-8H2,2-5H3. The lowest BCUT2D eigenvalue weighted by atomic mass is 9.78. The highest BCUT2D eigenvalue weighted by atomic mass is 35.5. The molecule has 0 amide bonds. The Morgan fingerprint density at radius 1 is 1.35 bits per heavy atom. The van der Waals surface area contributed by atoms with Gasteiger partial charge in [0.2, 0.25) is 0 Å². The van der Waals surface area contributed by atoms with Crippen molar-refractivity contribution in [1.82, 2.24) is 0 Å². The van der Waals surface area contributed by atoms with Crippen molar-refractivity contribution in [1.29, 1.82) is 0 Å². The summed E-state index contributed by atoms with van der Waals surface area (Å²) in [5.74, 6) is 0.578. The first-order chi connectivity index (χ1) is 7.85. The Morgan fingerprint density at radius 3 is 2.53 bits per heavy atom. The molecule has 0 heterocycles. The minimum absolute atomic E-state index is 0.174. The van der Waals surface area contributed by atoms with Crippen molar-refractivity contribution in [3.8, 4) is 0 Å². The molecule has 1 aromatic carbocycles. The molecule has 0 bridgehead atoms. The zero-order chi connectivity index (χ0) is 13.1. The molecular formula is C16H23Cl. The van der Waals surface area contributed by atoms with Crippen molar-refractivity contribution in [2.24, 2.45) is 5.92 Å². The van der Waals surface area contributed by atoms with Crippen LogP contribution in [0.3, 0.4) is 0 Å². The molecule has 0 radical (unpaired) electrons. The lowest BCUT2D eigenvalue weighted by Crippen LogP contribution is -2.18. The minimum atomic E-state index is 0.174. The summed E-state index contributed by atoms with van der Waals surface area (Å²) >= 11 is 6.13. The first kappa shape index (κ1) is 14.3. The van der Waals surface area contributed by atoms with Crippen LogP contribution >= 0.6 is 11.6 Å². The second-order valence-electron chi connectivity index (χ2n) is 5.65. The van der Waals surface area contributed by atoms with Crippen LogP contribution in [-0.4, -0.2) is 0 Å². The van der Waals surface area contributed by atoms with Gasteiger partial charge in [0.05, 0.1) is 0 Å². The second-order valence-corrected chi connectivity index (χ2v) is 6.09. The van der Waals surface area contributed by atoms with Crippen LogP contribution in [-0.2, 0) is 5.41 Å². The second kappa shape index (κ2) is 5.73. The lowest BCUT2D eigenvalue weighted by Gasteiger charge is -2.27. The fourth-order valence-electron chi connectivity index (χ4n) is 1.98. The van der Waals surface area contributed by atoms with Crippen molar-refractivity contribution >= 4 is 11.6 Å². The highest BCUT2D eigenvalue weighted by Crippen LogP contribution is 2.32.